The number of hydrogen-bond donors (Lipinski definition) is 0. The maximum Gasteiger partial charge on any atom is 0.318 e. The molecule has 134 valence electrons. The molecular formula is C23H23ClO2. The minimum Gasteiger partial charge on any atom is -0.426 e. The molecule has 4 rings (SSSR count). The summed E-state index contributed by atoms with van der Waals surface area (Å²) in [5, 5.41) is 0.717. The van der Waals surface area contributed by atoms with Gasteiger partial charge in [-0.05, 0) is 36.6 Å². The molecule has 1 fully saturated rings. The normalized spacial score (nSPS) is 22.4. The first kappa shape index (κ1) is 17.4. The fraction of sp³-hybridized carbons (Fsp3) is 0.348. The van der Waals surface area contributed by atoms with Gasteiger partial charge in [0.25, 0.3) is 0 Å². The van der Waals surface area contributed by atoms with Crippen molar-refractivity contribution in [3.8, 4) is 0 Å². The van der Waals surface area contributed by atoms with Gasteiger partial charge in [-0.25, -0.2) is 0 Å². The van der Waals surface area contributed by atoms with Gasteiger partial charge in [0.05, 0.1) is 5.41 Å². The van der Waals surface area contributed by atoms with Crippen LogP contribution >= 0.6 is 11.6 Å². The number of carbonyl (C=O) groups excluding carboxylic acids is 1. The molecule has 1 atom stereocenters. The van der Waals surface area contributed by atoms with Crippen molar-refractivity contribution >= 4 is 23.3 Å². The van der Waals surface area contributed by atoms with Crippen LogP contribution in [0.5, 0.6) is 0 Å². The largest absolute Gasteiger partial charge is 0.426 e. The molecule has 1 spiro atoms. The van der Waals surface area contributed by atoms with Crippen LogP contribution in [0.15, 0.2) is 60.7 Å². The lowest BCUT2D eigenvalue weighted by Gasteiger charge is -2.40. The van der Waals surface area contributed by atoms with Crippen LogP contribution in [0.1, 0.15) is 55.6 Å². The van der Waals surface area contributed by atoms with Crippen LogP contribution < -0.4 is 0 Å². The predicted molar refractivity (Wildman–Crippen MR) is 105 cm³/mol. The topological polar surface area (TPSA) is 26.3 Å². The molecule has 1 heterocycles. The molecule has 2 nitrogen and oxygen atoms in total. The molecule has 1 unspecified atom stereocenters. The number of carbonyl (C=O) groups is 1. The lowest BCUT2D eigenvalue weighted by Crippen LogP contribution is -2.40. The molecule has 0 bridgehead atoms. The molecular weight excluding hydrogens is 344 g/mol. The smallest absolute Gasteiger partial charge is 0.318 e. The van der Waals surface area contributed by atoms with E-state index in [0.717, 1.165) is 36.8 Å². The minimum atomic E-state index is -0.456. The summed E-state index contributed by atoms with van der Waals surface area (Å²) in [6.07, 6.45) is 8.47. The van der Waals surface area contributed by atoms with Gasteiger partial charge in [0.2, 0.25) is 0 Å². The van der Waals surface area contributed by atoms with Crippen LogP contribution in [0.25, 0.3) is 5.76 Å². The number of esters is 1. The highest BCUT2D eigenvalue weighted by Crippen LogP contribution is 2.52. The van der Waals surface area contributed by atoms with Crippen molar-refractivity contribution in [3.05, 3.63) is 76.8 Å². The van der Waals surface area contributed by atoms with Crippen LogP contribution in [0.3, 0.4) is 0 Å². The monoisotopic (exact) mass is 366 g/mol. The van der Waals surface area contributed by atoms with E-state index in [4.69, 9.17) is 16.3 Å². The lowest BCUT2D eigenvalue weighted by molar-refractivity contribution is -0.151. The third-order valence-electron chi connectivity index (χ3n) is 5.81. The van der Waals surface area contributed by atoms with Crippen molar-refractivity contribution in [1.82, 2.24) is 0 Å². The fourth-order valence-corrected chi connectivity index (χ4v) is 4.52. The Bertz CT molecular complexity index is 800. The zero-order valence-corrected chi connectivity index (χ0v) is 15.5. The van der Waals surface area contributed by atoms with Crippen molar-refractivity contribution in [3.63, 3.8) is 0 Å². The predicted octanol–water partition coefficient (Wildman–Crippen LogP) is 6.36. The summed E-state index contributed by atoms with van der Waals surface area (Å²) < 4.78 is 5.89. The van der Waals surface area contributed by atoms with Crippen molar-refractivity contribution in [2.24, 2.45) is 5.41 Å². The molecule has 0 radical (unpaired) electrons. The summed E-state index contributed by atoms with van der Waals surface area (Å²) in [6.45, 7) is 0. The van der Waals surface area contributed by atoms with E-state index in [9.17, 15) is 4.79 Å². The van der Waals surface area contributed by atoms with Gasteiger partial charge in [-0.15, -0.1) is 0 Å². The average Bonchev–Trinajstić information content (AvgIpc) is 2.92. The highest BCUT2D eigenvalue weighted by atomic mass is 35.5. The van der Waals surface area contributed by atoms with Crippen molar-refractivity contribution in [2.75, 3.05) is 0 Å². The molecule has 0 aromatic heterocycles. The molecule has 0 amide bonds. The first-order chi connectivity index (χ1) is 12.7. The Hall–Kier alpha value is -2.06. The maximum absolute atomic E-state index is 13.3. The number of allylic oxidation sites excluding steroid dienone is 1. The molecule has 1 aliphatic heterocycles. The van der Waals surface area contributed by atoms with Crippen LogP contribution in [0.2, 0.25) is 5.02 Å². The SMILES string of the molecule is O=C1OC(c2ccccc2)=CC(c2ccc(Cl)cc2)C12CCCCCC2. The number of benzene rings is 2. The van der Waals surface area contributed by atoms with Crippen LogP contribution in [-0.4, -0.2) is 5.97 Å². The molecule has 0 N–H and O–H groups in total. The summed E-state index contributed by atoms with van der Waals surface area (Å²) in [5.41, 5.74) is 1.63. The summed E-state index contributed by atoms with van der Waals surface area (Å²) in [5.74, 6) is 0.625. The third kappa shape index (κ3) is 3.19. The van der Waals surface area contributed by atoms with Crippen LogP contribution in [-0.2, 0) is 9.53 Å². The van der Waals surface area contributed by atoms with E-state index in [2.05, 4.69) is 18.2 Å². The van der Waals surface area contributed by atoms with Gasteiger partial charge in [-0.3, -0.25) is 4.79 Å². The van der Waals surface area contributed by atoms with Gasteiger partial charge >= 0.3 is 5.97 Å². The third-order valence-corrected chi connectivity index (χ3v) is 6.06. The first-order valence-electron chi connectivity index (χ1n) is 9.44. The Kier molecular flexibility index (Phi) is 4.86. The van der Waals surface area contributed by atoms with E-state index in [1.807, 2.05) is 42.5 Å². The van der Waals surface area contributed by atoms with E-state index in [1.54, 1.807) is 0 Å². The first-order valence-corrected chi connectivity index (χ1v) is 9.82. The zero-order chi connectivity index (χ0) is 18.0. The molecule has 26 heavy (non-hydrogen) atoms. The van der Waals surface area contributed by atoms with Crippen molar-refractivity contribution < 1.29 is 9.53 Å². The summed E-state index contributed by atoms with van der Waals surface area (Å²) in [7, 11) is 0. The summed E-state index contributed by atoms with van der Waals surface area (Å²) in [4.78, 5) is 13.3. The number of cyclic esters (lactones) is 1. The van der Waals surface area contributed by atoms with Crippen LogP contribution in [0.4, 0.5) is 0 Å². The zero-order valence-electron chi connectivity index (χ0n) is 14.8. The Labute approximate surface area is 159 Å². The second kappa shape index (κ2) is 7.28. The lowest BCUT2D eigenvalue weighted by atomic mass is 9.66. The van der Waals surface area contributed by atoms with E-state index >= 15 is 0 Å². The Morgan fingerprint density at radius 3 is 2.19 bits per heavy atom. The molecule has 0 saturated heterocycles. The van der Waals surface area contributed by atoms with Gasteiger partial charge in [0.15, 0.2) is 0 Å². The van der Waals surface area contributed by atoms with E-state index in [-0.39, 0.29) is 11.9 Å². The maximum atomic E-state index is 13.3. The standard InChI is InChI=1S/C23H23ClO2/c24-19-12-10-17(11-13-19)20-16-21(18-8-4-3-5-9-18)26-22(25)23(20)14-6-1-2-7-15-23/h3-5,8-13,16,20H,1-2,6-7,14-15H2. The van der Waals surface area contributed by atoms with E-state index in [0.29, 0.717) is 10.8 Å². The molecule has 2 aromatic carbocycles. The van der Waals surface area contributed by atoms with E-state index in [1.165, 1.54) is 12.8 Å². The number of halogens is 1. The summed E-state index contributed by atoms with van der Waals surface area (Å²) in [6, 6.07) is 17.8. The molecule has 2 aliphatic rings. The minimum absolute atomic E-state index is 0.0225. The van der Waals surface area contributed by atoms with Gasteiger partial charge in [-0.2, -0.15) is 0 Å². The number of rotatable bonds is 2. The second-order valence-electron chi connectivity index (χ2n) is 7.39. The Morgan fingerprint density at radius 1 is 0.885 bits per heavy atom. The Morgan fingerprint density at radius 2 is 1.54 bits per heavy atom. The van der Waals surface area contributed by atoms with Gasteiger partial charge < -0.3 is 4.74 Å². The van der Waals surface area contributed by atoms with Crippen molar-refractivity contribution in [2.45, 2.75) is 44.4 Å². The molecule has 1 aliphatic carbocycles. The number of ether oxygens (including phenoxy) is 1. The average molecular weight is 367 g/mol. The van der Waals surface area contributed by atoms with Crippen molar-refractivity contribution in [1.29, 1.82) is 0 Å². The quantitative estimate of drug-likeness (QED) is 0.578. The van der Waals surface area contributed by atoms with E-state index < -0.39 is 5.41 Å². The highest BCUT2D eigenvalue weighted by Gasteiger charge is 2.49. The van der Waals surface area contributed by atoms with Gasteiger partial charge in [0.1, 0.15) is 5.76 Å². The van der Waals surface area contributed by atoms with Gasteiger partial charge in [0, 0.05) is 16.5 Å². The van der Waals surface area contributed by atoms with Gasteiger partial charge in [-0.1, -0.05) is 79.7 Å². The molecule has 1 saturated carbocycles. The summed E-state index contributed by atoms with van der Waals surface area (Å²) >= 11 is 6.10. The van der Waals surface area contributed by atoms with Crippen LogP contribution in [0, 0.1) is 5.41 Å². The molecule has 3 heteroatoms. The molecule has 2 aromatic rings. The highest BCUT2D eigenvalue weighted by molar-refractivity contribution is 6.30. The Balaban J connectivity index is 1.82. The number of hydrogen-bond acceptors (Lipinski definition) is 2. The second-order valence-corrected chi connectivity index (χ2v) is 7.82. The fourth-order valence-electron chi connectivity index (χ4n) is 4.39.